The summed E-state index contributed by atoms with van der Waals surface area (Å²) in [5.74, 6) is 0.867. The molecule has 0 amide bonds. The summed E-state index contributed by atoms with van der Waals surface area (Å²) < 4.78 is 0. The monoisotopic (exact) mass is 186 g/mol. The predicted molar refractivity (Wildman–Crippen MR) is 63.7 cm³/mol. The highest BCUT2D eigenvalue weighted by Crippen LogP contribution is 2.20. The second kappa shape index (κ2) is 4.80. The van der Waals surface area contributed by atoms with Crippen molar-refractivity contribution in [1.29, 1.82) is 0 Å². The average molecular weight is 186 g/mol. The van der Waals surface area contributed by atoms with E-state index in [1.54, 1.807) is 0 Å². The molecule has 0 aliphatic carbocycles. The number of rotatable bonds is 4. The van der Waals surface area contributed by atoms with E-state index in [1.165, 1.54) is 11.1 Å². The largest absolute Gasteiger partial charge is 0.102 e. The molecule has 2 unspecified atom stereocenters. The first-order chi connectivity index (χ1) is 6.69. The van der Waals surface area contributed by atoms with Gasteiger partial charge in [-0.3, -0.25) is 0 Å². The van der Waals surface area contributed by atoms with E-state index in [-0.39, 0.29) is 0 Å². The smallest absolute Gasteiger partial charge is 0.00131 e. The topological polar surface area (TPSA) is 0 Å². The third-order valence-electron chi connectivity index (χ3n) is 2.70. The van der Waals surface area contributed by atoms with Crippen LogP contribution in [0.15, 0.2) is 49.6 Å². The molecule has 0 aromatic heterocycles. The highest BCUT2D eigenvalue weighted by molar-refractivity contribution is 5.30. The Kier molecular flexibility index (Phi) is 3.70. The first kappa shape index (κ1) is 10.8. The van der Waals surface area contributed by atoms with Crippen LogP contribution in [-0.4, -0.2) is 0 Å². The first-order valence-electron chi connectivity index (χ1n) is 5.04. The van der Waals surface area contributed by atoms with E-state index >= 15 is 0 Å². The van der Waals surface area contributed by atoms with Crippen LogP contribution in [0.4, 0.5) is 0 Å². The summed E-state index contributed by atoms with van der Waals surface area (Å²) in [7, 11) is 0. The Morgan fingerprint density at radius 3 is 1.36 bits per heavy atom. The lowest BCUT2D eigenvalue weighted by Crippen LogP contribution is -1.92. The van der Waals surface area contributed by atoms with Crippen LogP contribution in [-0.2, 0) is 0 Å². The van der Waals surface area contributed by atoms with Crippen LogP contribution in [0.3, 0.4) is 0 Å². The van der Waals surface area contributed by atoms with Crippen molar-refractivity contribution in [2.24, 2.45) is 0 Å². The molecule has 1 aromatic carbocycles. The van der Waals surface area contributed by atoms with Gasteiger partial charge in [-0.15, -0.1) is 13.2 Å². The van der Waals surface area contributed by atoms with Gasteiger partial charge < -0.3 is 0 Å². The molecule has 2 atom stereocenters. The zero-order valence-electron chi connectivity index (χ0n) is 9.03. The van der Waals surface area contributed by atoms with Gasteiger partial charge in [0.25, 0.3) is 0 Å². The second-order valence-corrected chi connectivity index (χ2v) is 3.72. The molecule has 1 aromatic rings. The third kappa shape index (κ3) is 2.35. The predicted octanol–water partition coefficient (Wildman–Crippen LogP) is 4.27. The van der Waals surface area contributed by atoms with E-state index in [4.69, 9.17) is 0 Å². The average Bonchev–Trinajstić information content (AvgIpc) is 2.27. The van der Waals surface area contributed by atoms with Gasteiger partial charge in [0.15, 0.2) is 0 Å². The van der Waals surface area contributed by atoms with Crippen molar-refractivity contribution >= 4 is 0 Å². The zero-order valence-corrected chi connectivity index (χ0v) is 9.03. The second-order valence-electron chi connectivity index (χ2n) is 3.72. The van der Waals surface area contributed by atoms with Crippen molar-refractivity contribution in [1.82, 2.24) is 0 Å². The van der Waals surface area contributed by atoms with Gasteiger partial charge in [-0.2, -0.15) is 0 Å². The molecule has 0 saturated heterocycles. The van der Waals surface area contributed by atoms with Crippen LogP contribution in [0.25, 0.3) is 0 Å². The summed E-state index contributed by atoms with van der Waals surface area (Å²) >= 11 is 0. The quantitative estimate of drug-likeness (QED) is 0.616. The molecule has 0 heterocycles. The lowest BCUT2D eigenvalue weighted by molar-refractivity contribution is 0.943. The van der Waals surface area contributed by atoms with Crippen LogP contribution >= 0.6 is 0 Å². The molecule has 0 fully saturated rings. The van der Waals surface area contributed by atoms with Crippen LogP contribution in [0.1, 0.15) is 36.8 Å². The fraction of sp³-hybridized carbons (Fsp3) is 0.286. The standard InChI is InChI=1S/C14H18/c1-5-11(3)13-7-9-14(10-8-13)12(4)6-2/h5-12H,1-2H2,3-4H3. The van der Waals surface area contributed by atoms with Gasteiger partial charge in [-0.05, 0) is 23.0 Å². The maximum absolute atomic E-state index is 3.79. The Hall–Kier alpha value is -1.30. The number of benzene rings is 1. The van der Waals surface area contributed by atoms with Crippen LogP contribution in [0.5, 0.6) is 0 Å². The lowest BCUT2D eigenvalue weighted by Gasteiger charge is -2.10. The minimum atomic E-state index is 0.433. The van der Waals surface area contributed by atoms with Gasteiger partial charge in [0.05, 0.1) is 0 Å². The van der Waals surface area contributed by atoms with Crippen molar-refractivity contribution < 1.29 is 0 Å². The Morgan fingerprint density at radius 1 is 0.857 bits per heavy atom. The minimum Gasteiger partial charge on any atom is -0.102 e. The Morgan fingerprint density at radius 2 is 1.14 bits per heavy atom. The van der Waals surface area contributed by atoms with E-state index in [2.05, 4.69) is 51.3 Å². The molecule has 0 bridgehead atoms. The zero-order chi connectivity index (χ0) is 10.6. The van der Waals surface area contributed by atoms with E-state index in [0.29, 0.717) is 11.8 Å². The third-order valence-corrected chi connectivity index (χ3v) is 2.70. The SMILES string of the molecule is C=CC(C)c1ccc(C(C)C=C)cc1. The molecule has 1 rings (SSSR count). The van der Waals surface area contributed by atoms with E-state index in [9.17, 15) is 0 Å². The van der Waals surface area contributed by atoms with Gasteiger partial charge in [-0.1, -0.05) is 50.3 Å². The Balaban J connectivity index is 2.88. The molecule has 0 radical (unpaired) electrons. The van der Waals surface area contributed by atoms with Crippen molar-refractivity contribution in [3.8, 4) is 0 Å². The number of hydrogen-bond donors (Lipinski definition) is 0. The highest BCUT2D eigenvalue weighted by atomic mass is 14.1. The molecule has 0 N–H and O–H groups in total. The fourth-order valence-electron chi connectivity index (χ4n) is 1.38. The summed E-state index contributed by atoms with van der Waals surface area (Å²) in [6.07, 6.45) is 3.93. The van der Waals surface area contributed by atoms with Gasteiger partial charge in [0.2, 0.25) is 0 Å². The maximum Gasteiger partial charge on any atom is -0.00131 e. The first-order valence-corrected chi connectivity index (χ1v) is 5.04. The van der Waals surface area contributed by atoms with Crippen LogP contribution in [0, 0.1) is 0 Å². The maximum atomic E-state index is 3.79. The van der Waals surface area contributed by atoms with E-state index < -0.39 is 0 Å². The van der Waals surface area contributed by atoms with Crippen molar-refractivity contribution in [2.75, 3.05) is 0 Å². The van der Waals surface area contributed by atoms with Crippen molar-refractivity contribution in [3.63, 3.8) is 0 Å². The summed E-state index contributed by atoms with van der Waals surface area (Å²) in [5, 5.41) is 0. The molecule has 14 heavy (non-hydrogen) atoms. The molecule has 0 nitrogen and oxygen atoms in total. The minimum absolute atomic E-state index is 0.433. The Labute approximate surface area is 87.0 Å². The molecule has 0 aliphatic rings. The molecular formula is C14H18. The molecule has 0 saturated carbocycles. The van der Waals surface area contributed by atoms with Gasteiger partial charge >= 0.3 is 0 Å². The fourth-order valence-corrected chi connectivity index (χ4v) is 1.38. The molecule has 74 valence electrons. The summed E-state index contributed by atoms with van der Waals surface area (Å²) in [6, 6.07) is 8.67. The summed E-state index contributed by atoms with van der Waals surface area (Å²) in [6.45, 7) is 11.9. The van der Waals surface area contributed by atoms with E-state index in [0.717, 1.165) is 0 Å². The highest BCUT2D eigenvalue weighted by Gasteiger charge is 2.03. The number of allylic oxidation sites excluding steroid dienone is 2. The van der Waals surface area contributed by atoms with Crippen LogP contribution in [0.2, 0.25) is 0 Å². The van der Waals surface area contributed by atoms with Gasteiger partial charge in [0, 0.05) is 0 Å². The Bertz CT molecular complexity index is 272. The van der Waals surface area contributed by atoms with Gasteiger partial charge in [-0.25, -0.2) is 0 Å². The molecule has 0 aliphatic heterocycles. The number of hydrogen-bond acceptors (Lipinski definition) is 0. The summed E-state index contributed by atoms with van der Waals surface area (Å²) in [4.78, 5) is 0. The summed E-state index contributed by atoms with van der Waals surface area (Å²) in [5.41, 5.74) is 2.64. The van der Waals surface area contributed by atoms with Gasteiger partial charge in [0.1, 0.15) is 0 Å². The van der Waals surface area contributed by atoms with Crippen molar-refractivity contribution in [2.45, 2.75) is 25.7 Å². The van der Waals surface area contributed by atoms with E-state index in [1.807, 2.05) is 12.2 Å². The normalized spacial score (nSPS) is 14.4. The molecule has 0 spiro atoms. The lowest BCUT2D eigenvalue weighted by atomic mass is 9.96. The molecule has 0 heteroatoms. The van der Waals surface area contributed by atoms with Crippen LogP contribution < -0.4 is 0 Å². The van der Waals surface area contributed by atoms with Crippen molar-refractivity contribution in [3.05, 3.63) is 60.7 Å². The molecular weight excluding hydrogens is 168 g/mol.